The van der Waals surface area contributed by atoms with E-state index in [4.69, 9.17) is 21.1 Å². The number of hydrogen-bond acceptors (Lipinski definition) is 8. The lowest BCUT2D eigenvalue weighted by Crippen LogP contribution is -2.48. The van der Waals surface area contributed by atoms with Crippen molar-refractivity contribution in [3.8, 4) is 11.3 Å². The molecule has 2 bridgehead atoms. The number of anilines is 1. The zero-order valence-electron chi connectivity index (χ0n) is 20.5. The van der Waals surface area contributed by atoms with Gasteiger partial charge in [0.2, 0.25) is 5.95 Å². The van der Waals surface area contributed by atoms with Crippen LogP contribution in [0.3, 0.4) is 0 Å². The molecule has 1 aliphatic carbocycles. The lowest BCUT2D eigenvalue weighted by Gasteiger charge is -2.32. The molecular weight excluding hydrogens is 489 g/mol. The smallest absolute Gasteiger partial charge is 0.223 e. The zero-order valence-corrected chi connectivity index (χ0v) is 21.3. The maximum absolute atomic E-state index is 15.3. The number of aromatic nitrogens is 4. The topological polar surface area (TPSA) is 115 Å². The molecule has 0 amide bonds. The van der Waals surface area contributed by atoms with Crippen LogP contribution in [0.4, 0.5) is 10.3 Å². The first-order valence-corrected chi connectivity index (χ1v) is 12.6. The third-order valence-corrected chi connectivity index (χ3v) is 7.56. The molecule has 3 N–H and O–H groups in total. The Morgan fingerprint density at radius 3 is 2.69 bits per heavy atom. The molecule has 11 heteroatoms. The summed E-state index contributed by atoms with van der Waals surface area (Å²) in [5.41, 5.74) is -0.0232. The number of benzene rings is 1. The van der Waals surface area contributed by atoms with Crippen molar-refractivity contribution < 1.29 is 24.1 Å². The van der Waals surface area contributed by atoms with Crippen LogP contribution in [0.25, 0.3) is 22.3 Å². The quantitative estimate of drug-likeness (QED) is 0.466. The minimum Gasteiger partial charge on any atom is -0.386 e. The Morgan fingerprint density at radius 2 is 2.03 bits per heavy atom. The highest BCUT2D eigenvalue weighted by molar-refractivity contribution is 6.33. The fraction of sp³-hybridized carbons (Fsp3) is 0.560. The fourth-order valence-corrected chi connectivity index (χ4v) is 5.56. The highest BCUT2D eigenvalue weighted by atomic mass is 35.5. The molecule has 3 aromatic rings. The highest BCUT2D eigenvalue weighted by Crippen LogP contribution is 2.54. The van der Waals surface area contributed by atoms with E-state index in [0.717, 1.165) is 12.8 Å². The number of nitrogens with one attached hydrogen (secondary N) is 1. The third kappa shape index (κ3) is 3.78. The number of fused-ring (bicyclic) bond motifs is 4. The van der Waals surface area contributed by atoms with E-state index in [9.17, 15) is 10.2 Å². The predicted molar refractivity (Wildman–Crippen MR) is 131 cm³/mol. The summed E-state index contributed by atoms with van der Waals surface area (Å²) < 4.78 is 28.9. The van der Waals surface area contributed by atoms with E-state index in [1.807, 2.05) is 18.4 Å². The van der Waals surface area contributed by atoms with Crippen LogP contribution in [-0.2, 0) is 15.1 Å². The van der Waals surface area contributed by atoms with Gasteiger partial charge in [-0.1, -0.05) is 11.6 Å². The molecule has 0 radical (unpaired) electrons. The highest BCUT2D eigenvalue weighted by Gasteiger charge is 2.63. The van der Waals surface area contributed by atoms with E-state index < -0.39 is 23.8 Å². The molecule has 4 heterocycles. The van der Waals surface area contributed by atoms with Gasteiger partial charge < -0.3 is 29.6 Å². The molecule has 2 aliphatic heterocycles. The largest absolute Gasteiger partial charge is 0.386 e. The molecule has 3 fully saturated rings. The van der Waals surface area contributed by atoms with Crippen LogP contribution < -0.4 is 5.32 Å². The molecule has 3 aliphatic rings. The molecule has 36 heavy (non-hydrogen) atoms. The van der Waals surface area contributed by atoms with Gasteiger partial charge in [-0.05, 0) is 59.1 Å². The maximum atomic E-state index is 15.3. The number of rotatable bonds is 5. The summed E-state index contributed by atoms with van der Waals surface area (Å²) in [4.78, 5) is 13.3. The van der Waals surface area contributed by atoms with Gasteiger partial charge in [0, 0.05) is 11.6 Å². The van der Waals surface area contributed by atoms with Crippen LogP contribution in [0.15, 0.2) is 18.3 Å². The van der Waals surface area contributed by atoms with E-state index in [2.05, 4.69) is 20.3 Å². The summed E-state index contributed by atoms with van der Waals surface area (Å²) >= 11 is 6.46. The molecule has 9 nitrogen and oxygen atoms in total. The van der Waals surface area contributed by atoms with Crippen molar-refractivity contribution in [2.45, 2.75) is 88.7 Å². The van der Waals surface area contributed by atoms with E-state index in [1.165, 1.54) is 12.3 Å². The molecular formula is C25H29ClFN5O4. The SMILES string of the molecule is CC(C)n1c(C(C)(C)O)nc2c(F)cc(-c3nc(N[C@@H]4C[C@@H]5O[C@@H](OC56CC6)[C@H]4O)ncc3Cl)cc21. The number of aliphatic hydroxyl groups excluding tert-OH is 1. The van der Waals surface area contributed by atoms with Crippen molar-refractivity contribution in [3.05, 3.63) is 35.0 Å². The van der Waals surface area contributed by atoms with Crippen molar-refractivity contribution in [3.63, 3.8) is 0 Å². The minimum atomic E-state index is -1.26. The van der Waals surface area contributed by atoms with E-state index >= 15 is 4.39 Å². The van der Waals surface area contributed by atoms with Crippen LogP contribution in [0, 0.1) is 5.82 Å². The van der Waals surface area contributed by atoms with Crippen molar-refractivity contribution in [1.29, 1.82) is 0 Å². The third-order valence-electron chi connectivity index (χ3n) is 7.28. The first-order valence-electron chi connectivity index (χ1n) is 12.2. The van der Waals surface area contributed by atoms with E-state index in [-0.39, 0.29) is 40.3 Å². The van der Waals surface area contributed by atoms with Crippen molar-refractivity contribution in [1.82, 2.24) is 19.5 Å². The minimum absolute atomic E-state index is 0.0760. The summed E-state index contributed by atoms with van der Waals surface area (Å²) in [6.45, 7) is 7.14. The first kappa shape index (κ1) is 24.0. The van der Waals surface area contributed by atoms with Crippen molar-refractivity contribution in [2.24, 2.45) is 0 Å². The lowest BCUT2D eigenvalue weighted by atomic mass is 9.98. The molecule has 192 valence electrons. The van der Waals surface area contributed by atoms with E-state index in [0.29, 0.717) is 29.0 Å². The van der Waals surface area contributed by atoms with Crippen LogP contribution in [-0.4, -0.2) is 59.9 Å². The molecule has 2 saturated heterocycles. The van der Waals surface area contributed by atoms with Gasteiger partial charge >= 0.3 is 0 Å². The van der Waals surface area contributed by atoms with Gasteiger partial charge in [0.15, 0.2) is 12.1 Å². The second-order valence-corrected chi connectivity index (χ2v) is 11.2. The second kappa shape index (κ2) is 8.06. The van der Waals surface area contributed by atoms with Crippen molar-refractivity contribution in [2.75, 3.05) is 5.32 Å². The van der Waals surface area contributed by atoms with E-state index in [1.54, 1.807) is 19.9 Å². The Balaban J connectivity index is 1.36. The summed E-state index contributed by atoms with van der Waals surface area (Å²) in [6.07, 6.45) is 2.26. The van der Waals surface area contributed by atoms with Crippen LogP contribution >= 0.6 is 11.6 Å². The molecule has 6 rings (SSSR count). The number of halogens is 2. The first-order chi connectivity index (χ1) is 17.0. The molecule has 2 aromatic heterocycles. The predicted octanol–water partition coefficient (Wildman–Crippen LogP) is 3.91. The molecule has 1 aromatic carbocycles. The number of imidazole rings is 1. The Hall–Kier alpha value is -2.37. The normalized spacial score (nSPS) is 26.8. The standard InChI is InChI=1S/C25H29ClFN5O4/c1-11(2)32-16-8-12(7-14(27)19(16)30-22(32)24(3,4)34)18-13(26)10-28-23(31-18)29-15-9-17-25(5-6-25)36-21(35-17)20(15)33/h7-8,10-11,15,17,20-21,33-34H,5-6,9H2,1-4H3,(H,28,29,31)/t15-,17+,20+,21+/m1/s1. The van der Waals surface area contributed by atoms with Gasteiger partial charge in [-0.3, -0.25) is 0 Å². The van der Waals surface area contributed by atoms with Gasteiger partial charge in [0.1, 0.15) is 23.0 Å². The van der Waals surface area contributed by atoms with Crippen molar-refractivity contribution >= 4 is 28.6 Å². The number of aliphatic hydroxyl groups is 2. The summed E-state index contributed by atoms with van der Waals surface area (Å²) in [5, 5.41) is 24.8. The Kier molecular flexibility index (Phi) is 5.37. The average molecular weight is 518 g/mol. The van der Waals surface area contributed by atoms with Gasteiger partial charge in [-0.25, -0.2) is 19.3 Å². The monoisotopic (exact) mass is 517 g/mol. The van der Waals surface area contributed by atoms with Gasteiger partial charge in [0.25, 0.3) is 0 Å². The second-order valence-electron chi connectivity index (χ2n) is 10.8. The Labute approximate surface area is 212 Å². The molecule has 4 atom stereocenters. The number of hydrogen-bond donors (Lipinski definition) is 3. The summed E-state index contributed by atoms with van der Waals surface area (Å²) in [5.74, 6) is 0.0954. The molecule has 1 saturated carbocycles. The maximum Gasteiger partial charge on any atom is 0.223 e. The van der Waals surface area contributed by atoms with Crippen LogP contribution in [0.1, 0.15) is 58.8 Å². The fourth-order valence-electron chi connectivity index (χ4n) is 5.36. The number of nitrogens with zero attached hydrogens (tertiary/aromatic N) is 4. The van der Waals surface area contributed by atoms with Gasteiger partial charge in [0.05, 0.1) is 40.2 Å². The molecule has 1 spiro atoms. The van der Waals surface area contributed by atoms with Gasteiger partial charge in [-0.2, -0.15) is 0 Å². The van der Waals surface area contributed by atoms with Crippen LogP contribution in [0.2, 0.25) is 5.02 Å². The average Bonchev–Trinajstić information content (AvgIpc) is 3.35. The lowest BCUT2D eigenvalue weighted by molar-refractivity contribution is -0.161. The molecule has 0 unspecified atom stereocenters. The van der Waals surface area contributed by atoms with Gasteiger partial charge in [-0.15, -0.1) is 0 Å². The summed E-state index contributed by atoms with van der Waals surface area (Å²) in [7, 11) is 0. The Morgan fingerprint density at radius 1 is 1.28 bits per heavy atom. The zero-order chi connectivity index (χ0) is 25.6. The van der Waals surface area contributed by atoms with Crippen LogP contribution in [0.5, 0.6) is 0 Å². The Bertz CT molecular complexity index is 1350. The summed E-state index contributed by atoms with van der Waals surface area (Å²) in [6, 6.07) is 2.66. The number of ether oxygens (including phenoxy) is 2.